The zero-order valence-corrected chi connectivity index (χ0v) is 13.5. The van der Waals surface area contributed by atoms with Crippen LogP contribution in [0.25, 0.3) is 0 Å². The van der Waals surface area contributed by atoms with Crippen LogP contribution in [-0.2, 0) is 16.1 Å². The van der Waals surface area contributed by atoms with Crippen LogP contribution in [0.5, 0.6) is 0 Å². The van der Waals surface area contributed by atoms with Crippen LogP contribution in [0.4, 0.5) is 4.79 Å². The van der Waals surface area contributed by atoms with Crippen molar-refractivity contribution in [3.05, 3.63) is 35.9 Å². The molecule has 1 aromatic carbocycles. The molecule has 24 heavy (non-hydrogen) atoms. The van der Waals surface area contributed by atoms with Crippen LogP contribution in [0.15, 0.2) is 30.3 Å². The zero-order chi connectivity index (χ0) is 17.4. The summed E-state index contributed by atoms with van der Waals surface area (Å²) in [5, 5.41) is 16.8. The van der Waals surface area contributed by atoms with Gasteiger partial charge in [-0.3, -0.25) is 9.59 Å². The molecule has 0 heterocycles. The third-order valence-electron chi connectivity index (χ3n) is 4.16. The molecule has 0 radical (unpaired) electrons. The second-order valence-electron chi connectivity index (χ2n) is 5.98. The lowest BCUT2D eigenvalue weighted by Crippen LogP contribution is -2.59. The van der Waals surface area contributed by atoms with Gasteiger partial charge in [-0.05, 0) is 18.4 Å². The molecule has 0 aromatic heterocycles. The fourth-order valence-corrected chi connectivity index (χ4v) is 2.88. The quantitative estimate of drug-likeness (QED) is 0.605. The largest absolute Gasteiger partial charge is 0.481 e. The highest BCUT2D eigenvalue weighted by molar-refractivity contribution is 5.91. The minimum Gasteiger partial charge on any atom is -0.481 e. The summed E-state index contributed by atoms with van der Waals surface area (Å²) in [6.45, 7) is 0.437. The molecule has 3 amide bonds. The summed E-state index contributed by atoms with van der Waals surface area (Å²) in [6.07, 6.45) is 2.69. The Morgan fingerprint density at radius 2 is 1.71 bits per heavy atom. The Kier molecular flexibility index (Phi) is 6.17. The minimum atomic E-state index is -0.968. The smallest absolute Gasteiger partial charge is 0.315 e. The van der Waals surface area contributed by atoms with E-state index in [0.29, 0.717) is 19.4 Å². The van der Waals surface area contributed by atoms with E-state index in [2.05, 4.69) is 16.0 Å². The van der Waals surface area contributed by atoms with E-state index < -0.39 is 17.5 Å². The van der Waals surface area contributed by atoms with Gasteiger partial charge < -0.3 is 21.1 Å². The number of hydrogen-bond donors (Lipinski definition) is 4. The second kappa shape index (κ2) is 8.33. The van der Waals surface area contributed by atoms with Gasteiger partial charge in [-0.2, -0.15) is 0 Å². The molecule has 0 spiro atoms. The van der Waals surface area contributed by atoms with Crippen LogP contribution >= 0.6 is 0 Å². The van der Waals surface area contributed by atoms with Gasteiger partial charge >= 0.3 is 12.0 Å². The van der Waals surface area contributed by atoms with Crippen molar-refractivity contribution in [2.24, 2.45) is 0 Å². The third-order valence-corrected chi connectivity index (χ3v) is 4.16. The molecule has 7 heteroatoms. The zero-order valence-electron chi connectivity index (χ0n) is 13.5. The molecule has 1 aromatic rings. The summed E-state index contributed by atoms with van der Waals surface area (Å²) in [7, 11) is 0. The van der Waals surface area contributed by atoms with Gasteiger partial charge in [-0.25, -0.2) is 4.79 Å². The van der Waals surface area contributed by atoms with Crippen LogP contribution < -0.4 is 16.0 Å². The molecule has 2 rings (SSSR count). The highest BCUT2D eigenvalue weighted by atomic mass is 16.4. The topological polar surface area (TPSA) is 108 Å². The Morgan fingerprint density at radius 3 is 2.33 bits per heavy atom. The number of benzene rings is 1. The Balaban J connectivity index is 1.88. The third kappa shape index (κ3) is 4.97. The molecule has 0 saturated heterocycles. The first-order valence-corrected chi connectivity index (χ1v) is 8.12. The molecule has 130 valence electrons. The Morgan fingerprint density at radius 1 is 1.04 bits per heavy atom. The first-order valence-electron chi connectivity index (χ1n) is 8.12. The molecule has 4 N–H and O–H groups in total. The van der Waals surface area contributed by atoms with Crippen LogP contribution in [-0.4, -0.2) is 35.1 Å². The van der Waals surface area contributed by atoms with E-state index in [1.54, 1.807) is 0 Å². The molecule has 0 aliphatic heterocycles. The Hall–Kier alpha value is -2.57. The minimum absolute atomic E-state index is 0.0588. The van der Waals surface area contributed by atoms with Crippen molar-refractivity contribution in [2.75, 3.05) is 6.54 Å². The SMILES string of the molecule is O=C(O)CCNC(=O)C1(NC(=O)NCc2ccccc2)CCCC1. The van der Waals surface area contributed by atoms with Crippen LogP contribution in [0, 0.1) is 0 Å². The number of carbonyl (C=O) groups excluding carboxylic acids is 2. The van der Waals surface area contributed by atoms with Gasteiger partial charge in [0.25, 0.3) is 0 Å². The van der Waals surface area contributed by atoms with Gasteiger partial charge in [0.1, 0.15) is 5.54 Å². The predicted molar refractivity (Wildman–Crippen MR) is 88.3 cm³/mol. The van der Waals surface area contributed by atoms with E-state index in [0.717, 1.165) is 18.4 Å². The lowest BCUT2D eigenvalue weighted by Gasteiger charge is -2.29. The van der Waals surface area contributed by atoms with Gasteiger partial charge in [0.05, 0.1) is 6.42 Å². The number of hydrogen-bond acceptors (Lipinski definition) is 3. The lowest BCUT2D eigenvalue weighted by atomic mass is 9.96. The maximum absolute atomic E-state index is 12.4. The molecule has 1 aliphatic rings. The summed E-state index contributed by atoms with van der Waals surface area (Å²) in [4.78, 5) is 35.1. The standard InChI is InChI=1S/C17H23N3O4/c21-14(22)8-11-18-15(23)17(9-4-5-10-17)20-16(24)19-12-13-6-2-1-3-7-13/h1-3,6-7H,4-5,8-12H2,(H,18,23)(H,21,22)(H2,19,20,24). The van der Waals surface area contributed by atoms with Gasteiger partial charge in [0.15, 0.2) is 0 Å². The molecular formula is C17H23N3O4. The molecule has 1 aliphatic carbocycles. The fraction of sp³-hybridized carbons (Fsp3) is 0.471. The molecule has 1 fully saturated rings. The second-order valence-corrected chi connectivity index (χ2v) is 5.98. The van der Waals surface area contributed by atoms with E-state index >= 15 is 0 Å². The highest BCUT2D eigenvalue weighted by Crippen LogP contribution is 2.29. The van der Waals surface area contributed by atoms with Gasteiger partial charge in [0.2, 0.25) is 5.91 Å². The summed E-state index contributed by atoms with van der Waals surface area (Å²) in [6, 6.07) is 9.11. The fourth-order valence-electron chi connectivity index (χ4n) is 2.88. The van der Waals surface area contributed by atoms with E-state index in [4.69, 9.17) is 5.11 Å². The average molecular weight is 333 g/mol. The first kappa shape index (κ1) is 17.8. The molecule has 0 unspecified atom stereocenters. The summed E-state index contributed by atoms with van der Waals surface area (Å²) in [5.41, 5.74) is 0.0262. The maximum Gasteiger partial charge on any atom is 0.315 e. The number of carboxylic acids is 1. The normalized spacial score (nSPS) is 15.5. The van der Waals surface area contributed by atoms with E-state index in [9.17, 15) is 14.4 Å². The van der Waals surface area contributed by atoms with Crippen molar-refractivity contribution < 1.29 is 19.5 Å². The van der Waals surface area contributed by atoms with E-state index in [-0.39, 0.29) is 18.9 Å². The predicted octanol–water partition coefficient (Wildman–Crippen LogP) is 1.39. The summed E-state index contributed by atoms with van der Waals surface area (Å²) in [5.74, 6) is -1.28. The molecule has 1 saturated carbocycles. The van der Waals surface area contributed by atoms with Crippen molar-refractivity contribution in [3.8, 4) is 0 Å². The highest BCUT2D eigenvalue weighted by Gasteiger charge is 2.42. The van der Waals surface area contributed by atoms with Crippen molar-refractivity contribution in [1.82, 2.24) is 16.0 Å². The van der Waals surface area contributed by atoms with Gasteiger partial charge in [-0.1, -0.05) is 43.2 Å². The van der Waals surface area contributed by atoms with Crippen molar-refractivity contribution in [1.29, 1.82) is 0 Å². The van der Waals surface area contributed by atoms with Gasteiger partial charge in [0, 0.05) is 13.1 Å². The summed E-state index contributed by atoms with van der Waals surface area (Å²) < 4.78 is 0. The van der Waals surface area contributed by atoms with Crippen LogP contribution in [0.3, 0.4) is 0 Å². The van der Waals surface area contributed by atoms with Crippen molar-refractivity contribution in [2.45, 2.75) is 44.2 Å². The van der Waals surface area contributed by atoms with Crippen molar-refractivity contribution >= 4 is 17.9 Å². The monoisotopic (exact) mass is 333 g/mol. The number of rotatable bonds is 7. The number of nitrogens with one attached hydrogen (secondary N) is 3. The number of carboxylic acid groups (broad SMARTS) is 1. The van der Waals surface area contributed by atoms with E-state index in [1.165, 1.54) is 0 Å². The summed E-state index contributed by atoms with van der Waals surface area (Å²) >= 11 is 0. The Bertz CT molecular complexity index is 583. The average Bonchev–Trinajstić information content (AvgIpc) is 3.03. The number of urea groups is 1. The van der Waals surface area contributed by atoms with Crippen molar-refractivity contribution in [3.63, 3.8) is 0 Å². The first-order chi connectivity index (χ1) is 11.5. The maximum atomic E-state index is 12.4. The van der Waals surface area contributed by atoms with E-state index in [1.807, 2.05) is 30.3 Å². The number of carbonyl (C=O) groups is 3. The molecular weight excluding hydrogens is 310 g/mol. The molecule has 7 nitrogen and oxygen atoms in total. The number of aliphatic carboxylic acids is 1. The number of amides is 3. The Labute approximate surface area is 140 Å². The molecule has 0 atom stereocenters. The molecule has 0 bridgehead atoms. The van der Waals surface area contributed by atoms with Gasteiger partial charge in [-0.15, -0.1) is 0 Å². The van der Waals surface area contributed by atoms with Crippen LogP contribution in [0.1, 0.15) is 37.7 Å². The lowest BCUT2D eigenvalue weighted by molar-refractivity contribution is -0.137. The van der Waals surface area contributed by atoms with Crippen LogP contribution in [0.2, 0.25) is 0 Å².